The standard InChI is InChI=1S/C11H19NO5S/c1-6(2)9(11(16)17)12(4-8(13)14)10(15)7(3)5-18/h6-7,9,18H,4-5H2,1-3H3,(H,13,14)(H,16,17)/t7?,9-/m0/s1. The SMILES string of the molecule is CC(CS)C(=O)N(CC(=O)O)[C@H](C(=O)O)C(C)C. The number of carboxylic acid groups (broad SMARTS) is 2. The summed E-state index contributed by atoms with van der Waals surface area (Å²) in [6, 6.07) is -1.14. The predicted molar refractivity (Wildman–Crippen MR) is 68.6 cm³/mol. The summed E-state index contributed by atoms with van der Waals surface area (Å²) in [5.74, 6) is -3.60. The van der Waals surface area contributed by atoms with Crippen LogP contribution in [0, 0.1) is 11.8 Å². The van der Waals surface area contributed by atoms with Crippen LogP contribution in [0.25, 0.3) is 0 Å². The molecule has 18 heavy (non-hydrogen) atoms. The maximum Gasteiger partial charge on any atom is 0.326 e. The van der Waals surface area contributed by atoms with Gasteiger partial charge < -0.3 is 15.1 Å². The number of aliphatic carboxylic acids is 2. The van der Waals surface area contributed by atoms with Crippen molar-refractivity contribution in [2.75, 3.05) is 12.3 Å². The predicted octanol–water partition coefficient (Wildman–Crippen LogP) is 0.575. The second kappa shape index (κ2) is 7.25. The zero-order chi connectivity index (χ0) is 14.5. The Bertz CT molecular complexity index is 331. The number of hydrogen-bond acceptors (Lipinski definition) is 4. The molecule has 7 heteroatoms. The summed E-state index contributed by atoms with van der Waals surface area (Å²) in [5, 5.41) is 17.9. The lowest BCUT2D eigenvalue weighted by molar-refractivity contribution is -0.157. The molecule has 0 saturated carbocycles. The highest BCUT2D eigenvalue weighted by Crippen LogP contribution is 2.15. The van der Waals surface area contributed by atoms with E-state index in [1.54, 1.807) is 20.8 Å². The molecule has 0 saturated heterocycles. The van der Waals surface area contributed by atoms with Crippen molar-refractivity contribution < 1.29 is 24.6 Å². The van der Waals surface area contributed by atoms with Crippen LogP contribution in [0.4, 0.5) is 0 Å². The summed E-state index contributed by atoms with van der Waals surface area (Å²) in [5.41, 5.74) is 0. The molecule has 0 fully saturated rings. The van der Waals surface area contributed by atoms with E-state index in [0.717, 1.165) is 4.90 Å². The molecule has 0 aromatic rings. The van der Waals surface area contributed by atoms with Crippen LogP contribution in [0.15, 0.2) is 0 Å². The number of hydrogen-bond donors (Lipinski definition) is 3. The molecule has 0 rings (SSSR count). The first-order valence-corrected chi connectivity index (χ1v) is 6.21. The van der Waals surface area contributed by atoms with Crippen molar-refractivity contribution in [3.63, 3.8) is 0 Å². The highest BCUT2D eigenvalue weighted by molar-refractivity contribution is 7.80. The third-order valence-corrected chi connectivity index (χ3v) is 3.05. The first-order chi connectivity index (χ1) is 8.22. The fourth-order valence-electron chi connectivity index (χ4n) is 1.60. The van der Waals surface area contributed by atoms with E-state index in [1.807, 2.05) is 0 Å². The normalized spacial score (nSPS) is 14.1. The number of carbonyl (C=O) groups excluding carboxylic acids is 1. The number of carboxylic acids is 2. The number of rotatable bonds is 7. The Hall–Kier alpha value is -1.24. The van der Waals surface area contributed by atoms with Crippen LogP contribution in [0.2, 0.25) is 0 Å². The molecular formula is C11H19NO5S. The van der Waals surface area contributed by atoms with Crippen molar-refractivity contribution >= 4 is 30.5 Å². The van der Waals surface area contributed by atoms with Crippen LogP contribution in [-0.2, 0) is 14.4 Å². The first-order valence-electron chi connectivity index (χ1n) is 5.58. The van der Waals surface area contributed by atoms with Crippen LogP contribution in [-0.4, -0.2) is 51.3 Å². The molecule has 0 aliphatic carbocycles. The Morgan fingerprint density at radius 3 is 1.94 bits per heavy atom. The van der Waals surface area contributed by atoms with Gasteiger partial charge in [0, 0.05) is 11.7 Å². The van der Waals surface area contributed by atoms with E-state index < -0.39 is 36.4 Å². The van der Waals surface area contributed by atoms with Crippen LogP contribution < -0.4 is 0 Å². The van der Waals surface area contributed by atoms with E-state index >= 15 is 0 Å². The van der Waals surface area contributed by atoms with E-state index in [0.29, 0.717) is 0 Å². The molecule has 0 heterocycles. The molecule has 2 N–H and O–H groups in total. The summed E-state index contributed by atoms with van der Waals surface area (Å²) in [6.07, 6.45) is 0. The van der Waals surface area contributed by atoms with Gasteiger partial charge in [0.25, 0.3) is 0 Å². The fraction of sp³-hybridized carbons (Fsp3) is 0.727. The van der Waals surface area contributed by atoms with E-state index in [9.17, 15) is 14.4 Å². The topological polar surface area (TPSA) is 94.9 Å². The molecule has 0 bridgehead atoms. The maximum absolute atomic E-state index is 12.0. The minimum absolute atomic E-state index is 0.236. The third kappa shape index (κ3) is 4.56. The molecule has 6 nitrogen and oxygen atoms in total. The van der Waals surface area contributed by atoms with Crippen LogP contribution in [0.5, 0.6) is 0 Å². The van der Waals surface area contributed by atoms with Crippen molar-refractivity contribution in [1.29, 1.82) is 0 Å². The van der Waals surface area contributed by atoms with Crippen molar-refractivity contribution in [3.05, 3.63) is 0 Å². The van der Waals surface area contributed by atoms with Gasteiger partial charge in [0.1, 0.15) is 12.6 Å². The van der Waals surface area contributed by atoms with Gasteiger partial charge in [-0.25, -0.2) is 4.79 Å². The van der Waals surface area contributed by atoms with Crippen LogP contribution in [0.1, 0.15) is 20.8 Å². The van der Waals surface area contributed by atoms with Gasteiger partial charge in [0.2, 0.25) is 5.91 Å². The molecule has 0 aromatic heterocycles. The minimum Gasteiger partial charge on any atom is -0.480 e. The van der Waals surface area contributed by atoms with E-state index in [-0.39, 0.29) is 11.7 Å². The molecule has 0 radical (unpaired) electrons. The van der Waals surface area contributed by atoms with E-state index in [4.69, 9.17) is 10.2 Å². The van der Waals surface area contributed by atoms with Crippen molar-refractivity contribution in [3.8, 4) is 0 Å². The molecule has 0 spiro atoms. The summed E-state index contributed by atoms with van der Waals surface area (Å²) in [7, 11) is 0. The Kier molecular flexibility index (Phi) is 6.75. The molecular weight excluding hydrogens is 258 g/mol. The van der Waals surface area contributed by atoms with Crippen molar-refractivity contribution in [2.45, 2.75) is 26.8 Å². The van der Waals surface area contributed by atoms with Crippen LogP contribution in [0.3, 0.4) is 0 Å². The summed E-state index contributed by atoms with van der Waals surface area (Å²) in [6.45, 7) is 4.23. The number of thiol groups is 1. The average Bonchev–Trinajstić information content (AvgIpc) is 2.24. The number of amides is 1. The molecule has 104 valence electrons. The minimum atomic E-state index is -1.23. The largest absolute Gasteiger partial charge is 0.480 e. The number of carbonyl (C=O) groups is 3. The molecule has 1 amide bonds. The molecule has 0 aromatic carbocycles. The Morgan fingerprint density at radius 2 is 1.67 bits per heavy atom. The summed E-state index contributed by atoms with van der Waals surface area (Å²) in [4.78, 5) is 34.9. The summed E-state index contributed by atoms with van der Waals surface area (Å²) < 4.78 is 0. The highest BCUT2D eigenvalue weighted by Gasteiger charge is 2.35. The molecule has 0 aliphatic heterocycles. The lowest BCUT2D eigenvalue weighted by atomic mass is 10.0. The van der Waals surface area contributed by atoms with Gasteiger partial charge in [0.15, 0.2) is 0 Å². The van der Waals surface area contributed by atoms with Crippen molar-refractivity contribution in [1.82, 2.24) is 4.90 Å². The first kappa shape index (κ1) is 16.8. The average molecular weight is 277 g/mol. The Labute approximate surface area is 111 Å². The molecule has 1 unspecified atom stereocenters. The second-order valence-electron chi connectivity index (χ2n) is 4.47. The number of nitrogens with zero attached hydrogens (tertiary/aromatic N) is 1. The Balaban J connectivity index is 5.24. The highest BCUT2D eigenvalue weighted by atomic mass is 32.1. The van der Waals surface area contributed by atoms with E-state index in [2.05, 4.69) is 12.6 Å². The third-order valence-electron chi connectivity index (χ3n) is 2.50. The smallest absolute Gasteiger partial charge is 0.326 e. The lowest BCUT2D eigenvalue weighted by Gasteiger charge is -2.31. The lowest BCUT2D eigenvalue weighted by Crippen LogP contribution is -2.52. The van der Waals surface area contributed by atoms with Crippen molar-refractivity contribution in [2.24, 2.45) is 11.8 Å². The monoisotopic (exact) mass is 277 g/mol. The van der Waals surface area contributed by atoms with Gasteiger partial charge in [0.05, 0.1) is 0 Å². The maximum atomic E-state index is 12.0. The zero-order valence-corrected chi connectivity index (χ0v) is 11.6. The van der Waals surface area contributed by atoms with Gasteiger partial charge in [-0.15, -0.1) is 0 Å². The van der Waals surface area contributed by atoms with Gasteiger partial charge in [-0.1, -0.05) is 20.8 Å². The quantitative estimate of drug-likeness (QED) is 0.592. The molecule has 0 aliphatic rings. The fourth-order valence-corrected chi connectivity index (χ4v) is 1.75. The summed E-state index contributed by atoms with van der Waals surface area (Å²) >= 11 is 3.97. The second-order valence-corrected chi connectivity index (χ2v) is 4.84. The van der Waals surface area contributed by atoms with Crippen LogP contribution >= 0.6 is 12.6 Å². The van der Waals surface area contributed by atoms with Gasteiger partial charge >= 0.3 is 11.9 Å². The zero-order valence-electron chi connectivity index (χ0n) is 10.7. The van der Waals surface area contributed by atoms with Gasteiger partial charge in [-0.3, -0.25) is 9.59 Å². The van der Waals surface area contributed by atoms with Gasteiger partial charge in [-0.05, 0) is 5.92 Å². The Morgan fingerprint density at radius 1 is 1.17 bits per heavy atom. The van der Waals surface area contributed by atoms with Gasteiger partial charge in [-0.2, -0.15) is 12.6 Å². The molecule has 2 atom stereocenters. The van der Waals surface area contributed by atoms with E-state index in [1.165, 1.54) is 0 Å².